The molecule has 0 fully saturated rings. The third-order valence-electron chi connectivity index (χ3n) is 3.24. The van der Waals surface area contributed by atoms with Gasteiger partial charge in [0.25, 0.3) is 0 Å². The largest absolute Gasteiger partial charge is 0.487 e. The van der Waals surface area contributed by atoms with E-state index >= 15 is 0 Å². The summed E-state index contributed by atoms with van der Waals surface area (Å²) in [7, 11) is 0. The van der Waals surface area contributed by atoms with E-state index in [4.69, 9.17) is 4.74 Å². The molecule has 0 heterocycles. The Kier molecular flexibility index (Phi) is 5.34. The van der Waals surface area contributed by atoms with Crippen molar-refractivity contribution in [1.82, 2.24) is 0 Å². The molecule has 2 aromatic carbocycles. The normalized spacial score (nSPS) is 12.4. The van der Waals surface area contributed by atoms with E-state index in [0.29, 0.717) is 5.92 Å². The molecule has 1 unspecified atom stereocenters. The van der Waals surface area contributed by atoms with Gasteiger partial charge in [0.2, 0.25) is 0 Å². The van der Waals surface area contributed by atoms with Crippen molar-refractivity contribution in [2.24, 2.45) is 5.92 Å². The zero-order valence-electron chi connectivity index (χ0n) is 12.4. The summed E-state index contributed by atoms with van der Waals surface area (Å²) in [6.07, 6.45) is 0.250. The van der Waals surface area contributed by atoms with Crippen LogP contribution in [0.1, 0.15) is 31.1 Å². The second-order valence-corrected chi connectivity index (χ2v) is 5.60. The number of halogens is 1. The van der Waals surface area contributed by atoms with E-state index in [2.05, 4.69) is 13.8 Å². The van der Waals surface area contributed by atoms with Gasteiger partial charge in [-0.05, 0) is 35.6 Å². The Balaban J connectivity index is 1.94. The van der Waals surface area contributed by atoms with Gasteiger partial charge in [0.05, 0.1) is 0 Å². The summed E-state index contributed by atoms with van der Waals surface area (Å²) >= 11 is 0. The van der Waals surface area contributed by atoms with Crippen LogP contribution in [0.25, 0.3) is 0 Å². The fourth-order valence-electron chi connectivity index (χ4n) is 2.17. The van der Waals surface area contributed by atoms with E-state index in [9.17, 15) is 9.50 Å². The summed E-state index contributed by atoms with van der Waals surface area (Å²) in [5, 5.41) is 10.1. The summed E-state index contributed by atoms with van der Waals surface area (Å²) in [6, 6.07) is 14.0. The lowest BCUT2D eigenvalue weighted by atomic mass is 10.0. The van der Waals surface area contributed by atoms with Crippen molar-refractivity contribution in [2.75, 3.05) is 6.61 Å². The fourth-order valence-corrected chi connectivity index (χ4v) is 2.17. The molecular formula is C18H21FO2. The minimum Gasteiger partial charge on any atom is -0.487 e. The van der Waals surface area contributed by atoms with Crippen LogP contribution in [0.2, 0.25) is 0 Å². The van der Waals surface area contributed by atoms with Crippen molar-refractivity contribution in [3.63, 3.8) is 0 Å². The van der Waals surface area contributed by atoms with Gasteiger partial charge in [-0.2, -0.15) is 0 Å². The van der Waals surface area contributed by atoms with E-state index < -0.39 is 11.9 Å². The zero-order chi connectivity index (χ0) is 15.2. The summed E-state index contributed by atoms with van der Waals surface area (Å²) in [4.78, 5) is 0. The lowest BCUT2D eigenvalue weighted by Crippen LogP contribution is -2.10. The Morgan fingerprint density at radius 1 is 1.05 bits per heavy atom. The van der Waals surface area contributed by atoms with Gasteiger partial charge in [-0.15, -0.1) is 0 Å². The summed E-state index contributed by atoms with van der Waals surface area (Å²) in [6.45, 7) is 4.38. The molecule has 0 saturated carbocycles. The van der Waals surface area contributed by atoms with Crippen LogP contribution in [0.5, 0.6) is 5.75 Å². The molecule has 0 saturated heterocycles. The van der Waals surface area contributed by atoms with Crippen LogP contribution < -0.4 is 4.74 Å². The van der Waals surface area contributed by atoms with Gasteiger partial charge >= 0.3 is 0 Å². The molecule has 3 heteroatoms. The van der Waals surface area contributed by atoms with Crippen LogP contribution in [0.15, 0.2) is 48.5 Å². The quantitative estimate of drug-likeness (QED) is 0.865. The smallest absolute Gasteiger partial charge is 0.165 e. The van der Waals surface area contributed by atoms with Gasteiger partial charge in [0.15, 0.2) is 11.6 Å². The Morgan fingerprint density at radius 2 is 1.71 bits per heavy atom. The Morgan fingerprint density at radius 3 is 2.33 bits per heavy atom. The summed E-state index contributed by atoms with van der Waals surface area (Å²) in [5.74, 6) is 0.343. The second-order valence-electron chi connectivity index (χ2n) is 5.60. The highest BCUT2D eigenvalue weighted by Gasteiger charge is 2.10. The van der Waals surface area contributed by atoms with Gasteiger partial charge in [0, 0.05) is 0 Å². The molecule has 2 rings (SSSR count). The van der Waals surface area contributed by atoms with Crippen LogP contribution in [0, 0.1) is 11.7 Å². The van der Waals surface area contributed by atoms with Gasteiger partial charge in [-0.3, -0.25) is 0 Å². The number of benzene rings is 2. The first-order valence-electron chi connectivity index (χ1n) is 7.20. The predicted molar refractivity (Wildman–Crippen MR) is 81.8 cm³/mol. The van der Waals surface area contributed by atoms with Crippen molar-refractivity contribution < 1.29 is 14.2 Å². The zero-order valence-corrected chi connectivity index (χ0v) is 12.4. The highest BCUT2D eigenvalue weighted by Crippen LogP contribution is 2.20. The molecule has 0 radical (unpaired) electrons. The third-order valence-corrected chi connectivity index (χ3v) is 3.24. The maximum Gasteiger partial charge on any atom is 0.165 e. The first-order valence-corrected chi connectivity index (χ1v) is 7.20. The molecule has 0 amide bonds. The van der Waals surface area contributed by atoms with E-state index in [1.54, 1.807) is 18.2 Å². The number of hydrogen-bond acceptors (Lipinski definition) is 2. The molecule has 2 nitrogen and oxygen atoms in total. The first kappa shape index (κ1) is 15.5. The van der Waals surface area contributed by atoms with Gasteiger partial charge in [0.1, 0.15) is 12.7 Å². The number of rotatable bonds is 6. The molecule has 1 atom stereocenters. The maximum atomic E-state index is 13.4. The van der Waals surface area contributed by atoms with E-state index in [1.165, 1.54) is 11.6 Å². The molecule has 0 bridgehead atoms. The first-order chi connectivity index (χ1) is 10.1. The lowest BCUT2D eigenvalue weighted by Gasteiger charge is -2.14. The van der Waals surface area contributed by atoms with Crippen molar-refractivity contribution >= 4 is 0 Å². The average Bonchev–Trinajstić information content (AvgIpc) is 2.46. The molecule has 0 aliphatic heterocycles. The molecule has 0 aliphatic carbocycles. The SMILES string of the molecule is CC(C)Cc1ccc(C(O)COc2ccccc2F)cc1. The van der Waals surface area contributed by atoms with Crippen LogP contribution in [0.3, 0.4) is 0 Å². The van der Waals surface area contributed by atoms with E-state index in [-0.39, 0.29) is 12.4 Å². The van der Waals surface area contributed by atoms with Crippen LogP contribution in [0.4, 0.5) is 4.39 Å². The Labute approximate surface area is 125 Å². The molecule has 21 heavy (non-hydrogen) atoms. The number of aliphatic hydroxyl groups excluding tert-OH is 1. The third kappa shape index (κ3) is 4.57. The highest BCUT2D eigenvalue weighted by atomic mass is 19.1. The minimum absolute atomic E-state index is 0.0322. The van der Waals surface area contributed by atoms with E-state index in [0.717, 1.165) is 12.0 Å². The summed E-state index contributed by atoms with van der Waals surface area (Å²) in [5.41, 5.74) is 2.02. The van der Waals surface area contributed by atoms with Crippen molar-refractivity contribution in [1.29, 1.82) is 0 Å². The van der Waals surface area contributed by atoms with E-state index in [1.807, 2.05) is 24.3 Å². The van der Waals surface area contributed by atoms with Gasteiger partial charge in [-0.25, -0.2) is 4.39 Å². The lowest BCUT2D eigenvalue weighted by molar-refractivity contribution is 0.106. The minimum atomic E-state index is -0.766. The molecule has 0 aliphatic rings. The molecule has 0 aromatic heterocycles. The molecule has 1 N–H and O–H groups in total. The number of aliphatic hydroxyl groups is 1. The monoisotopic (exact) mass is 288 g/mol. The number of hydrogen-bond donors (Lipinski definition) is 1. The van der Waals surface area contributed by atoms with Crippen LogP contribution in [-0.4, -0.2) is 11.7 Å². The Bertz CT molecular complexity index is 564. The Hall–Kier alpha value is -1.87. The van der Waals surface area contributed by atoms with Gasteiger partial charge in [-0.1, -0.05) is 50.2 Å². The van der Waals surface area contributed by atoms with Crippen molar-refractivity contribution in [2.45, 2.75) is 26.4 Å². The molecule has 0 spiro atoms. The van der Waals surface area contributed by atoms with Gasteiger partial charge < -0.3 is 9.84 Å². The maximum absolute atomic E-state index is 13.4. The molecule has 112 valence electrons. The van der Waals surface area contributed by atoms with Crippen molar-refractivity contribution in [3.8, 4) is 5.75 Å². The molecule has 2 aromatic rings. The highest BCUT2D eigenvalue weighted by molar-refractivity contribution is 5.26. The number of ether oxygens (including phenoxy) is 1. The van der Waals surface area contributed by atoms with Crippen LogP contribution >= 0.6 is 0 Å². The molecular weight excluding hydrogens is 267 g/mol. The summed E-state index contributed by atoms with van der Waals surface area (Å²) < 4.78 is 18.7. The predicted octanol–water partition coefficient (Wildman–Crippen LogP) is 4.14. The topological polar surface area (TPSA) is 29.5 Å². The number of para-hydroxylation sites is 1. The average molecular weight is 288 g/mol. The van der Waals surface area contributed by atoms with Crippen LogP contribution in [-0.2, 0) is 6.42 Å². The van der Waals surface area contributed by atoms with Crippen molar-refractivity contribution in [3.05, 3.63) is 65.5 Å². The fraction of sp³-hybridized carbons (Fsp3) is 0.333. The second kappa shape index (κ2) is 7.23. The standard InChI is InChI=1S/C18H21FO2/c1-13(2)11-14-7-9-15(10-8-14)17(20)12-21-18-6-4-3-5-16(18)19/h3-10,13,17,20H,11-12H2,1-2H3.